The lowest BCUT2D eigenvalue weighted by molar-refractivity contribution is -0.114. The summed E-state index contributed by atoms with van der Waals surface area (Å²) >= 11 is 0. The minimum atomic E-state index is -0.163. The van der Waals surface area contributed by atoms with Crippen molar-refractivity contribution in [3.8, 4) is 0 Å². The summed E-state index contributed by atoms with van der Waals surface area (Å²) in [7, 11) is 3.39. The maximum absolute atomic E-state index is 12.1. The van der Waals surface area contributed by atoms with Gasteiger partial charge in [0.25, 0.3) is 5.91 Å². The van der Waals surface area contributed by atoms with Crippen LogP contribution in [0.25, 0.3) is 0 Å². The van der Waals surface area contributed by atoms with E-state index in [0.717, 1.165) is 11.3 Å². The van der Waals surface area contributed by atoms with Gasteiger partial charge in [-0.3, -0.25) is 9.59 Å². The minimum absolute atomic E-state index is 0.0977. The van der Waals surface area contributed by atoms with E-state index in [1.807, 2.05) is 26.0 Å². The smallest absolute Gasteiger partial charge is 0.253 e. The molecule has 2 aromatic rings. The first kappa shape index (κ1) is 17.5. The average Bonchev–Trinajstić information content (AvgIpc) is 2.53. The third-order valence-corrected chi connectivity index (χ3v) is 3.62. The number of nitrogens with one attached hydrogen (secondary N) is 2. The quantitative estimate of drug-likeness (QED) is 0.888. The molecule has 0 radical (unpaired) electrons. The average molecular weight is 325 g/mol. The number of amides is 2. The molecule has 0 fully saturated rings. The van der Waals surface area contributed by atoms with E-state index in [0.29, 0.717) is 11.3 Å². The lowest BCUT2D eigenvalue weighted by Gasteiger charge is -2.13. The molecule has 24 heavy (non-hydrogen) atoms. The molecule has 0 heterocycles. The van der Waals surface area contributed by atoms with Crippen LogP contribution in [0, 0.1) is 13.8 Å². The van der Waals surface area contributed by atoms with Crippen molar-refractivity contribution in [2.75, 3.05) is 31.3 Å². The lowest BCUT2D eigenvalue weighted by Crippen LogP contribution is -2.23. The van der Waals surface area contributed by atoms with E-state index < -0.39 is 0 Å². The Hall–Kier alpha value is -2.82. The van der Waals surface area contributed by atoms with Crippen LogP contribution < -0.4 is 10.6 Å². The summed E-state index contributed by atoms with van der Waals surface area (Å²) in [6.07, 6.45) is 0. The summed E-state index contributed by atoms with van der Waals surface area (Å²) in [4.78, 5) is 25.6. The first-order chi connectivity index (χ1) is 11.4. The van der Waals surface area contributed by atoms with E-state index in [4.69, 9.17) is 0 Å². The van der Waals surface area contributed by atoms with E-state index in [-0.39, 0.29) is 18.4 Å². The molecule has 0 saturated heterocycles. The Labute approximate surface area is 142 Å². The molecule has 0 aliphatic heterocycles. The van der Waals surface area contributed by atoms with Crippen molar-refractivity contribution in [3.05, 3.63) is 59.2 Å². The van der Waals surface area contributed by atoms with Gasteiger partial charge in [-0.1, -0.05) is 23.8 Å². The number of anilines is 2. The van der Waals surface area contributed by atoms with Gasteiger partial charge in [-0.2, -0.15) is 0 Å². The van der Waals surface area contributed by atoms with Crippen molar-refractivity contribution < 1.29 is 9.59 Å². The number of benzene rings is 2. The van der Waals surface area contributed by atoms with Crippen LogP contribution in [0.3, 0.4) is 0 Å². The second kappa shape index (κ2) is 7.64. The fourth-order valence-electron chi connectivity index (χ4n) is 2.38. The highest BCUT2D eigenvalue weighted by Gasteiger charge is 2.09. The highest BCUT2D eigenvalue weighted by atomic mass is 16.2. The molecule has 0 aliphatic rings. The SMILES string of the molecule is Cc1ccc(NCC(=O)Nc2cccc(C(=O)N(C)C)c2)c(C)c1. The fourth-order valence-corrected chi connectivity index (χ4v) is 2.38. The van der Waals surface area contributed by atoms with Crippen LogP contribution in [0.4, 0.5) is 11.4 Å². The zero-order chi connectivity index (χ0) is 17.7. The molecule has 0 bridgehead atoms. The monoisotopic (exact) mass is 325 g/mol. The van der Waals surface area contributed by atoms with Crippen LogP contribution in [0.15, 0.2) is 42.5 Å². The van der Waals surface area contributed by atoms with E-state index in [1.54, 1.807) is 38.4 Å². The molecule has 0 aliphatic carbocycles. The van der Waals surface area contributed by atoms with Gasteiger partial charge in [0.05, 0.1) is 6.54 Å². The molecule has 0 aromatic heterocycles. The van der Waals surface area contributed by atoms with E-state index in [1.165, 1.54) is 10.5 Å². The Bertz CT molecular complexity index is 754. The van der Waals surface area contributed by atoms with Crippen LogP contribution in [0.5, 0.6) is 0 Å². The summed E-state index contributed by atoms with van der Waals surface area (Å²) in [6, 6.07) is 13.0. The molecule has 5 nitrogen and oxygen atoms in total. The molecule has 2 amide bonds. The molecule has 126 valence electrons. The lowest BCUT2D eigenvalue weighted by atomic mass is 10.1. The molecule has 0 unspecified atom stereocenters. The zero-order valence-corrected chi connectivity index (χ0v) is 14.5. The zero-order valence-electron chi connectivity index (χ0n) is 14.5. The summed E-state index contributed by atoms with van der Waals surface area (Å²) < 4.78 is 0. The number of nitrogens with zero attached hydrogens (tertiary/aromatic N) is 1. The van der Waals surface area contributed by atoms with Gasteiger partial charge in [0.1, 0.15) is 0 Å². The topological polar surface area (TPSA) is 61.4 Å². The van der Waals surface area contributed by atoms with Crippen LogP contribution in [-0.2, 0) is 4.79 Å². The predicted molar refractivity (Wildman–Crippen MR) is 97.5 cm³/mol. The summed E-state index contributed by atoms with van der Waals surface area (Å²) in [5, 5.41) is 5.93. The highest BCUT2D eigenvalue weighted by Crippen LogP contribution is 2.16. The normalized spacial score (nSPS) is 10.2. The van der Waals surface area contributed by atoms with Gasteiger partial charge < -0.3 is 15.5 Å². The largest absolute Gasteiger partial charge is 0.376 e. The Morgan fingerprint density at radius 2 is 1.79 bits per heavy atom. The predicted octanol–water partition coefficient (Wildman–Crippen LogP) is 3.06. The highest BCUT2D eigenvalue weighted by molar-refractivity contribution is 5.98. The molecule has 2 N–H and O–H groups in total. The number of carbonyl (C=O) groups excluding carboxylic acids is 2. The molecular formula is C19H23N3O2. The van der Waals surface area contributed by atoms with Gasteiger partial charge in [0.15, 0.2) is 0 Å². The van der Waals surface area contributed by atoms with Gasteiger partial charge >= 0.3 is 0 Å². The Morgan fingerprint density at radius 1 is 1.04 bits per heavy atom. The molecule has 5 heteroatoms. The Balaban J connectivity index is 1.97. The molecule has 2 aromatic carbocycles. The second-order valence-electron chi connectivity index (χ2n) is 6.00. The molecular weight excluding hydrogens is 302 g/mol. The van der Waals surface area contributed by atoms with Crippen molar-refractivity contribution in [1.82, 2.24) is 4.90 Å². The van der Waals surface area contributed by atoms with Crippen LogP contribution >= 0.6 is 0 Å². The maximum Gasteiger partial charge on any atom is 0.253 e. The van der Waals surface area contributed by atoms with Crippen LogP contribution in [0.1, 0.15) is 21.5 Å². The first-order valence-corrected chi connectivity index (χ1v) is 7.79. The Morgan fingerprint density at radius 3 is 2.46 bits per heavy atom. The third kappa shape index (κ3) is 4.59. The van der Waals surface area contributed by atoms with Gasteiger partial charge in [-0.25, -0.2) is 0 Å². The van der Waals surface area contributed by atoms with Gasteiger partial charge in [-0.05, 0) is 43.7 Å². The minimum Gasteiger partial charge on any atom is -0.376 e. The van der Waals surface area contributed by atoms with Gasteiger partial charge in [-0.15, -0.1) is 0 Å². The van der Waals surface area contributed by atoms with Crippen LogP contribution in [0.2, 0.25) is 0 Å². The standard InChI is InChI=1S/C19H23N3O2/c1-13-8-9-17(14(2)10-13)20-12-18(23)21-16-7-5-6-15(11-16)19(24)22(3)4/h5-11,20H,12H2,1-4H3,(H,21,23). The summed E-state index contributed by atoms with van der Waals surface area (Å²) in [5.41, 5.74) is 4.37. The molecule has 2 rings (SSSR count). The second-order valence-corrected chi connectivity index (χ2v) is 6.00. The third-order valence-electron chi connectivity index (χ3n) is 3.62. The number of aryl methyl sites for hydroxylation is 2. The number of rotatable bonds is 5. The van der Waals surface area contributed by atoms with E-state index >= 15 is 0 Å². The number of hydrogen-bond acceptors (Lipinski definition) is 3. The Kier molecular flexibility index (Phi) is 5.58. The van der Waals surface area contributed by atoms with Crippen LogP contribution in [-0.4, -0.2) is 37.4 Å². The number of carbonyl (C=O) groups is 2. The molecule has 0 atom stereocenters. The number of hydrogen-bond donors (Lipinski definition) is 2. The van der Waals surface area contributed by atoms with Crippen molar-refractivity contribution >= 4 is 23.2 Å². The van der Waals surface area contributed by atoms with Crippen molar-refractivity contribution in [3.63, 3.8) is 0 Å². The van der Waals surface area contributed by atoms with Crippen molar-refractivity contribution in [1.29, 1.82) is 0 Å². The van der Waals surface area contributed by atoms with E-state index in [2.05, 4.69) is 16.7 Å². The summed E-state index contributed by atoms with van der Waals surface area (Å²) in [5.74, 6) is -0.260. The van der Waals surface area contributed by atoms with Gasteiger partial charge in [0.2, 0.25) is 5.91 Å². The van der Waals surface area contributed by atoms with Crippen molar-refractivity contribution in [2.45, 2.75) is 13.8 Å². The fraction of sp³-hybridized carbons (Fsp3) is 0.263. The van der Waals surface area contributed by atoms with Gasteiger partial charge in [0, 0.05) is 31.0 Å². The molecule has 0 saturated carbocycles. The van der Waals surface area contributed by atoms with Crippen molar-refractivity contribution in [2.24, 2.45) is 0 Å². The van der Waals surface area contributed by atoms with E-state index in [9.17, 15) is 9.59 Å². The maximum atomic E-state index is 12.1. The summed E-state index contributed by atoms with van der Waals surface area (Å²) in [6.45, 7) is 4.20. The first-order valence-electron chi connectivity index (χ1n) is 7.79. The molecule has 0 spiro atoms.